The van der Waals surface area contributed by atoms with Gasteiger partial charge in [-0.1, -0.05) is 84.9 Å². The van der Waals surface area contributed by atoms with Gasteiger partial charge in [0.15, 0.2) is 0 Å². The van der Waals surface area contributed by atoms with E-state index in [1.54, 1.807) is 0 Å². The molecule has 0 aromatic heterocycles. The second-order valence-corrected chi connectivity index (χ2v) is 6.71. The summed E-state index contributed by atoms with van der Waals surface area (Å²) in [7, 11) is 0. The Balaban J connectivity index is 1.50. The molecular formula is C24H23N. The van der Waals surface area contributed by atoms with Crippen molar-refractivity contribution in [1.82, 2.24) is 5.32 Å². The number of rotatable bonds is 5. The first-order valence-corrected chi connectivity index (χ1v) is 8.99. The molecule has 0 fully saturated rings. The average molecular weight is 325 g/mol. The number of benzene rings is 3. The maximum absolute atomic E-state index is 3.64. The van der Waals surface area contributed by atoms with Crippen molar-refractivity contribution in [1.29, 1.82) is 0 Å². The summed E-state index contributed by atoms with van der Waals surface area (Å²) >= 11 is 0. The van der Waals surface area contributed by atoms with Gasteiger partial charge in [0.1, 0.15) is 0 Å². The van der Waals surface area contributed by atoms with Crippen LogP contribution in [0.4, 0.5) is 0 Å². The summed E-state index contributed by atoms with van der Waals surface area (Å²) in [6.07, 6.45) is 3.39. The Hall–Kier alpha value is -2.64. The Morgan fingerprint density at radius 3 is 1.84 bits per heavy atom. The van der Waals surface area contributed by atoms with Gasteiger partial charge in [0.05, 0.1) is 0 Å². The van der Waals surface area contributed by atoms with E-state index in [0.29, 0.717) is 6.04 Å². The quantitative estimate of drug-likeness (QED) is 0.523. The van der Waals surface area contributed by atoms with Crippen LogP contribution in [0.15, 0.2) is 84.9 Å². The molecule has 0 saturated carbocycles. The molecule has 0 amide bonds. The van der Waals surface area contributed by atoms with Crippen LogP contribution in [-0.2, 0) is 6.42 Å². The SMILES string of the molecule is CC(Cc1ccccc1)NCC=C1c2ccccc2-c2ccccc21. The van der Waals surface area contributed by atoms with Crippen molar-refractivity contribution in [2.24, 2.45) is 0 Å². The Morgan fingerprint density at radius 2 is 1.24 bits per heavy atom. The highest BCUT2D eigenvalue weighted by atomic mass is 14.9. The molecule has 0 bridgehead atoms. The van der Waals surface area contributed by atoms with E-state index in [4.69, 9.17) is 0 Å². The lowest BCUT2D eigenvalue weighted by molar-refractivity contribution is 0.581. The highest BCUT2D eigenvalue weighted by Crippen LogP contribution is 2.43. The lowest BCUT2D eigenvalue weighted by Crippen LogP contribution is -2.28. The molecule has 1 atom stereocenters. The predicted molar refractivity (Wildman–Crippen MR) is 107 cm³/mol. The van der Waals surface area contributed by atoms with E-state index in [0.717, 1.165) is 13.0 Å². The second-order valence-electron chi connectivity index (χ2n) is 6.71. The fourth-order valence-electron chi connectivity index (χ4n) is 3.67. The van der Waals surface area contributed by atoms with Crippen LogP contribution in [0.2, 0.25) is 0 Å². The third kappa shape index (κ3) is 3.29. The molecule has 4 rings (SSSR count). The van der Waals surface area contributed by atoms with Crippen LogP contribution in [0.25, 0.3) is 16.7 Å². The van der Waals surface area contributed by atoms with E-state index in [9.17, 15) is 0 Å². The summed E-state index contributed by atoms with van der Waals surface area (Å²) in [5.74, 6) is 0. The number of fused-ring (bicyclic) bond motifs is 3. The van der Waals surface area contributed by atoms with Gasteiger partial charge in [-0.2, -0.15) is 0 Å². The standard InChI is InChI=1S/C24H23N/c1-18(17-19-9-3-2-4-10-19)25-16-15-24-22-13-7-5-11-20(22)21-12-6-8-14-23(21)24/h2-15,18,25H,16-17H2,1H3. The van der Waals surface area contributed by atoms with Crippen LogP contribution >= 0.6 is 0 Å². The minimum absolute atomic E-state index is 0.450. The Morgan fingerprint density at radius 1 is 0.720 bits per heavy atom. The van der Waals surface area contributed by atoms with Gasteiger partial charge >= 0.3 is 0 Å². The maximum Gasteiger partial charge on any atom is 0.0146 e. The lowest BCUT2D eigenvalue weighted by Gasteiger charge is -2.13. The molecule has 0 saturated heterocycles. The first-order chi connectivity index (χ1) is 12.3. The van der Waals surface area contributed by atoms with Crippen molar-refractivity contribution < 1.29 is 0 Å². The summed E-state index contributed by atoms with van der Waals surface area (Å²) in [6.45, 7) is 3.13. The molecule has 1 heteroatoms. The van der Waals surface area contributed by atoms with E-state index in [-0.39, 0.29) is 0 Å². The molecule has 0 aliphatic heterocycles. The highest BCUT2D eigenvalue weighted by molar-refractivity contribution is 6.01. The lowest BCUT2D eigenvalue weighted by atomic mass is 10.0. The van der Waals surface area contributed by atoms with Gasteiger partial charge in [-0.15, -0.1) is 0 Å². The zero-order valence-corrected chi connectivity index (χ0v) is 14.6. The van der Waals surface area contributed by atoms with E-state index in [2.05, 4.69) is 97.2 Å². The summed E-state index contributed by atoms with van der Waals surface area (Å²) < 4.78 is 0. The molecule has 3 aromatic rings. The van der Waals surface area contributed by atoms with Gasteiger partial charge in [0.2, 0.25) is 0 Å². The van der Waals surface area contributed by atoms with Crippen LogP contribution < -0.4 is 5.32 Å². The van der Waals surface area contributed by atoms with Gasteiger partial charge in [-0.3, -0.25) is 0 Å². The zero-order chi connectivity index (χ0) is 17.1. The molecule has 25 heavy (non-hydrogen) atoms. The molecule has 0 heterocycles. The maximum atomic E-state index is 3.64. The largest absolute Gasteiger partial charge is 0.310 e. The van der Waals surface area contributed by atoms with Gasteiger partial charge < -0.3 is 5.32 Å². The highest BCUT2D eigenvalue weighted by Gasteiger charge is 2.21. The van der Waals surface area contributed by atoms with Gasteiger partial charge in [0.25, 0.3) is 0 Å². The van der Waals surface area contributed by atoms with Crippen molar-refractivity contribution in [2.75, 3.05) is 6.54 Å². The van der Waals surface area contributed by atoms with E-state index in [1.165, 1.54) is 33.4 Å². The Bertz CT molecular complexity index is 845. The third-order valence-corrected chi connectivity index (χ3v) is 4.88. The van der Waals surface area contributed by atoms with Crippen LogP contribution in [0.3, 0.4) is 0 Å². The van der Waals surface area contributed by atoms with Gasteiger partial charge in [0, 0.05) is 12.6 Å². The summed E-state index contributed by atoms with van der Waals surface area (Å²) in [5.41, 5.74) is 8.13. The predicted octanol–water partition coefficient (Wildman–Crippen LogP) is 5.32. The molecule has 1 aliphatic rings. The first-order valence-electron chi connectivity index (χ1n) is 8.99. The van der Waals surface area contributed by atoms with E-state index in [1.807, 2.05) is 0 Å². The molecule has 1 unspecified atom stereocenters. The fourth-order valence-corrected chi connectivity index (χ4v) is 3.67. The molecular weight excluding hydrogens is 302 g/mol. The fraction of sp³-hybridized carbons (Fsp3) is 0.167. The molecule has 124 valence electrons. The van der Waals surface area contributed by atoms with Gasteiger partial charge in [-0.25, -0.2) is 0 Å². The summed E-state index contributed by atoms with van der Waals surface area (Å²) in [4.78, 5) is 0. The zero-order valence-electron chi connectivity index (χ0n) is 14.6. The molecule has 1 aliphatic carbocycles. The monoisotopic (exact) mass is 325 g/mol. The van der Waals surface area contributed by atoms with Crippen molar-refractivity contribution in [3.63, 3.8) is 0 Å². The number of hydrogen-bond donors (Lipinski definition) is 1. The average Bonchev–Trinajstić information content (AvgIpc) is 2.97. The summed E-state index contributed by atoms with van der Waals surface area (Å²) in [5, 5.41) is 3.64. The minimum Gasteiger partial charge on any atom is -0.310 e. The Labute approximate surface area is 150 Å². The molecule has 1 nitrogen and oxygen atoms in total. The van der Waals surface area contributed by atoms with Crippen molar-refractivity contribution >= 4 is 5.57 Å². The molecule has 0 spiro atoms. The van der Waals surface area contributed by atoms with Crippen molar-refractivity contribution in [3.05, 3.63) is 102 Å². The molecule has 3 aromatic carbocycles. The van der Waals surface area contributed by atoms with Crippen molar-refractivity contribution in [3.8, 4) is 11.1 Å². The summed E-state index contributed by atoms with van der Waals surface area (Å²) in [6, 6.07) is 28.5. The Kier molecular flexibility index (Phi) is 4.49. The normalized spacial score (nSPS) is 13.2. The number of nitrogens with one attached hydrogen (secondary N) is 1. The van der Waals surface area contributed by atoms with Gasteiger partial charge in [-0.05, 0) is 46.7 Å². The third-order valence-electron chi connectivity index (χ3n) is 4.88. The topological polar surface area (TPSA) is 12.0 Å². The molecule has 1 N–H and O–H groups in total. The molecule has 0 radical (unpaired) electrons. The van der Waals surface area contributed by atoms with Crippen LogP contribution in [0.5, 0.6) is 0 Å². The van der Waals surface area contributed by atoms with E-state index < -0.39 is 0 Å². The van der Waals surface area contributed by atoms with E-state index >= 15 is 0 Å². The van der Waals surface area contributed by atoms with Crippen LogP contribution in [-0.4, -0.2) is 12.6 Å². The smallest absolute Gasteiger partial charge is 0.0146 e. The number of hydrogen-bond acceptors (Lipinski definition) is 1. The minimum atomic E-state index is 0.450. The first kappa shape index (κ1) is 15.9. The van der Waals surface area contributed by atoms with Crippen molar-refractivity contribution in [2.45, 2.75) is 19.4 Å². The van der Waals surface area contributed by atoms with Crippen LogP contribution in [0.1, 0.15) is 23.6 Å². The van der Waals surface area contributed by atoms with Crippen LogP contribution in [0, 0.1) is 0 Å². The second kappa shape index (κ2) is 7.08.